The monoisotopic (exact) mass is 460 g/mol. The van der Waals surface area contributed by atoms with Crippen LogP contribution in [-0.2, 0) is 19.9 Å². The first-order chi connectivity index (χ1) is 16.4. The molecule has 1 spiro atoms. The van der Waals surface area contributed by atoms with Crippen LogP contribution in [0.5, 0.6) is 23.0 Å². The van der Waals surface area contributed by atoms with Crippen LogP contribution >= 0.6 is 0 Å². The summed E-state index contributed by atoms with van der Waals surface area (Å²) in [6.45, 7) is 0. The number of fused-ring (bicyclic) bond motifs is 6. The first-order valence-electron chi connectivity index (χ1n) is 10.8. The number of aliphatic carboxylic acids is 1. The van der Waals surface area contributed by atoms with Gasteiger partial charge < -0.3 is 24.4 Å². The molecule has 0 aromatic heterocycles. The van der Waals surface area contributed by atoms with Crippen molar-refractivity contribution in [3.63, 3.8) is 0 Å². The number of carbonyl (C=O) groups is 3. The van der Waals surface area contributed by atoms with E-state index >= 15 is 0 Å². The average Bonchev–Trinajstić information content (AvgIpc) is 3.09. The lowest BCUT2D eigenvalue weighted by Crippen LogP contribution is -2.33. The maximum absolute atomic E-state index is 12.8. The number of ether oxygens (including phenoxy) is 3. The summed E-state index contributed by atoms with van der Waals surface area (Å²) in [7, 11) is 0. The van der Waals surface area contributed by atoms with Gasteiger partial charge in [-0.25, -0.2) is 4.79 Å². The highest BCUT2D eigenvalue weighted by Crippen LogP contribution is 2.56. The number of carboxylic acid groups (broad SMARTS) is 1. The van der Waals surface area contributed by atoms with Gasteiger partial charge in [0.2, 0.25) is 0 Å². The highest BCUT2D eigenvalue weighted by atomic mass is 16.6. The topological polar surface area (TPSA) is 119 Å². The van der Waals surface area contributed by atoms with Gasteiger partial charge in [0.05, 0.1) is 5.56 Å². The number of rotatable bonds is 6. The van der Waals surface area contributed by atoms with Crippen molar-refractivity contribution in [1.82, 2.24) is 0 Å². The first-order valence-corrected chi connectivity index (χ1v) is 10.8. The van der Waals surface area contributed by atoms with Gasteiger partial charge in [-0.1, -0.05) is 18.2 Å². The van der Waals surface area contributed by atoms with Crippen molar-refractivity contribution in [2.24, 2.45) is 0 Å². The fourth-order valence-corrected chi connectivity index (χ4v) is 4.44. The molecule has 0 aliphatic carbocycles. The molecule has 1 unspecified atom stereocenters. The minimum absolute atomic E-state index is 0.00546. The number of carbonyl (C=O) groups excluding carboxylic acids is 2. The Morgan fingerprint density at radius 2 is 1.59 bits per heavy atom. The second-order valence-corrected chi connectivity index (χ2v) is 8.13. The highest BCUT2D eigenvalue weighted by molar-refractivity contribution is 5.97. The predicted molar refractivity (Wildman–Crippen MR) is 118 cm³/mol. The second kappa shape index (κ2) is 8.22. The fourth-order valence-electron chi connectivity index (χ4n) is 4.44. The van der Waals surface area contributed by atoms with Crippen molar-refractivity contribution in [2.45, 2.75) is 31.3 Å². The molecule has 0 bridgehead atoms. The quantitative estimate of drug-likeness (QED) is 0.313. The van der Waals surface area contributed by atoms with E-state index in [1.807, 2.05) is 12.1 Å². The number of phenolic OH excluding ortho intramolecular Hbond substituents is 1. The molecule has 2 heterocycles. The lowest BCUT2D eigenvalue weighted by atomic mass is 9.77. The van der Waals surface area contributed by atoms with Crippen molar-refractivity contribution in [3.05, 3.63) is 82.9 Å². The van der Waals surface area contributed by atoms with Crippen LogP contribution in [-0.4, -0.2) is 28.1 Å². The third kappa shape index (κ3) is 3.53. The van der Waals surface area contributed by atoms with E-state index in [1.54, 1.807) is 30.3 Å². The van der Waals surface area contributed by atoms with Gasteiger partial charge in [0, 0.05) is 41.7 Å². The number of unbranched alkanes of at least 4 members (excludes halogenated alkanes) is 1. The summed E-state index contributed by atoms with van der Waals surface area (Å²) in [6, 6.07) is 16.5. The molecule has 8 nitrogen and oxygen atoms in total. The maximum Gasteiger partial charge on any atom is 0.340 e. The van der Waals surface area contributed by atoms with E-state index in [4.69, 9.17) is 19.3 Å². The largest absolute Gasteiger partial charge is 0.508 e. The van der Waals surface area contributed by atoms with Crippen molar-refractivity contribution >= 4 is 17.9 Å². The van der Waals surface area contributed by atoms with Gasteiger partial charge in [0.15, 0.2) is 5.60 Å². The van der Waals surface area contributed by atoms with Crippen molar-refractivity contribution in [2.75, 3.05) is 0 Å². The Bertz CT molecular complexity index is 1330. The van der Waals surface area contributed by atoms with Crippen LogP contribution in [0.25, 0.3) is 0 Å². The van der Waals surface area contributed by atoms with Gasteiger partial charge in [0.1, 0.15) is 23.0 Å². The van der Waals surface area contributed by atoms with E-state index in [9.17, 15) is 19.5 Å². The molecule has 2 aliphatic heterocycles. The van der Waals surface area contributed by atoms with Crippen LogP contribution in [0.2, 0.25) is 0 Å². The lowest BCUT2D eigenvalue weighted by molar-refractivity contribution is -0.138. The maximum atomic E-state index is 12.8. The summed E-state index contributed by atoms with van der Waals surface area (Å²) in [5.74, 6) is -1.02. The summed E-state index contributed by atoms with van der Waals surface area (Å²) in [5.41, 5.74) is 0.944. The zero-order valence-electron chi connectivity index (χ0n) is 17.9. The molecule has 8 heteroatoms. The molecule has 2 aliphatic rings. The number of hydrogen-bond acceptors (Lipinski definition) is 7. The molecule has 3 aromatic carbocycles. The summed E-state index contributed by atoms with van der Waals surface area (Å²) >= 11 is 0. The Labute approximate surface area is 194 Å². The minimum atomic E-state index is -1.27. The molecule has 0 radical (unpaired) electrons. The Morgan fingerprint density at radius 1 is 0.882 bits per heavy atom. The Balaban J connectivity index is 1.51. The molecular weight excluding hydrogens is 440 g/mol. The van der Waals surface area contributed by atoms with Crippen LogP contribution in [0.15, 0.2) is 60.7 Å². The number of hydrogen-bond donors (Lipinski definition) is 2. The van der Waals surface area contributed by atoms with Crippen LogP contribution in [0.3, 0.4) is 0 Å². The number of benzene rings is 3. The standard InChI is InChI=1S/C26H20O8/c27-15-9-11-19-21(13-15)33-22-14-16(32-24(30)8-4-3-7-23(28)29)10-12-20(22)26(19)18-6-2-1-5-17(18)25(31)34-26/h1-2,5-6,9-14,27H,3-4,7-8H2,(H,28,29). The smallest absolute Gasteiger partial charge is 0.340 e. The summed E-state index contributed by atoms with van der Waals surface area (Å²) in [4.78, 5) is 35.6. The molecule has 0 amide bonds. The Hall–Kier alpha value is -4.33. The summed E-state index contributed by atoms with van der Waals surface area (Å²) < 4.78 is 17.5. The Kier molecular flexibility index (Phi) is 5.20. The van der Waals surface area contributed by atoms with Crippen molar-refractivity contribution < 1.29 is 38.8 Å². The molecule has 5 rings (SSSR count). The average molecular weight is 460 g/mol. The van der Waals surface area contributed by atoms with Crippen molar-refractivity contribution in [3.8, 4) is 23.0 Å². The SMILES string of the molecule is O=C(O)CCCCC(=O)Oc1ccc2c(c1)Oc1cc(O)ccc1C21OC(=O)c2ccccc21. The van der Waals surface area contributed by atoms with E-state index in [0.29, 0.717) is 46.6 Å². The third-order valence-corrected chi connectivity index (χ3v) is 5.92. The van der Waals surface area contributed by atoms with E-state index in [2.05, 4.69) is 0 Å². The molecule has 0 fully saturated rings. The molecular formula is C26H20O8. The molecule has 0 saturated carbocycles. The summed E-state index contributed by atoms with van der Waals surface area (Å²) in [5, 5.41) is 18.7. The first kappa shape index (κ1) is 21.5. The highest BCUT2D eigenvalue weighted by Gasteiger charge is 2.53. The van der Waals surface area contributed by atoms with E-state index < -0.39 is 23.5 Å². The molecule has 2 N–H and O–H groups in total. The van der Waals surface area contributed by atoms with Gasteiger partial charge in [0.25, 0.3) is 0 Å². The number of carboxylic acids is 1. The second-order valence-electron chi connectivity index (χ2n) is 8.13. The fraction of sp³-hybridized carbons (Fsp3) is 0.192. The number of aromatic hydroxyl groups is 1. The van der Waals surface area contributed by atoms with Gasteiger partial charge >= 0.3 is 17.9 Å². The molecule has 1 atom stereocenters. The Morgan fingerprint density at radius 3 is 2.38 bits per heavy atom. The van der Waals surface area contributed by atoms with Crippen molar-refractivity contribution in [1.29, 1.82) is 0 Å². The predicted octanol–water partition coefficient (Wildman–Crippen LogP) is 4.51. The van der Waals surface area contributed by atoms with E-state index in [1.165, 1.54) is 18.2 Å². The van der Waals surface area contributed by atoms with Crippen LogP contribution < -0.4 is 9.47 Å². The van der Waals surface area contributed by atoms with E-state index in [-0.39, 0.29) is 24.3 Å². The van der Waals surface area contributed by atoms with E-state index in [0.717, 1.165) is 0 Å². The third-order valence-electron chi connectivity index (χ3n) is 5.92. The molecule has 34 heavy (non-hydrogen) atoms. The zero-order chi connectivity index (χ0) is 23.9. The van der Waals surface area contributed by atoms with Gasteiger partial charge in [-0.15, -0.1) is 0 Å². The molecule has 3 aromatic rings. The van der Waals surface area contributed by atoms with Crippen LogP contribution in [0.1, 0.15) is 52.7 Å². The van der Waals surface area contributed by atoms with Gasteiger partial charge in [-0.3, -0.25) is 9.59 Å². The van der Waals surface area contributed by atoms with Gasteiger partial charge in [-0.05, 0) is 43.2 Å². The lowest BCUT2D eigenvalue weighted by Gasteiger charge is -2.36. The van der Waals surface area contributed by atoms with Crippen LogP contribution in [0, 0.1) is 0 Å². The number of phenols is 1. The van der Waals surface area contributed by atoms with Crippen LogP contribution in [0.4, 0.5) is 0 Å². The molecule has 0 saturated heterocycles. The summed E-state index contributed by atoms with van der Waals surface area (Å²) in [6.07, 6.45) is 0.853. The van der Waals surface area contributed by atoms with Gasteiger partial charge in [-0.2, -0.15) is 0 Å². The minimum Gasteiger partial charge on any atom is -0.508 e. The zero-order valence-corrected chi connectivity index (χ0v) is 17.9. The molecule has 172 valence electrons. The number of esters is 2. The normalized spacial score (nSPS) is 17.2.